The second-order valence-electron chi connectivity index (χ2n) is 5.64. The standard InChI is InChI=1S/C18H21Br2N/c1-11-5-7-16(12(2)9-11)13(3)21-14(4)17-8-6-15(19)10-18(17)20/h5-10,13-14,21H,1-4H3. The highest BCUT2D eigenvalue weighted by atomic mass is 79.9. The molecule has 2 unspecified atom stereocenters. The summed E-state index contributed by atoms with van der Waals surface area (Å²) in [6.07, 6.45) is 0. The summed E-state index contributed by atoms with van der Waals surface area (Å²) in [7, 11) is 0. The first kappa shape index (κ1) is 16.7. The molecule has 2 atom stereocenters. The van der Waals surface area contributed by atoms with Gasteiger partial charge < -0.3 is 5.32 Å². The van der Waals surface area contributed by atoms with E-state index < -0.39 is 0 Å². The van der Waals surface area contributed by atoms with Gasteiger partial charge in [0.15, 0.2) is 0 Å². The van der Waals surface area contributed by atoms with Crippen LogP contribution in [0.4, 0.5) is 0 Å². The molecule has 2 aromatic carbocycles. The summed E-state index contributed by atoms with van der Waals surface area (Å²) in [4.78, 5) is 0. The molecule has 3 heteroatoms. The predicted octanol–water partition coefficient (Wildman–Crippen LogP) is 6.24. The van der Waals surface area contributed by atoms with Gasteiger partial charge in [0.2, 0.25) is 0 Å². The van der Waals surface area contributed by atoms with E-state index in [1.807, 2.05) is 0 Å². The van der Waals surface area contributed by atoms with Gasteiger partial charge in [-0.15, -0.1) is 0 Å². The molecule has 2 rings (SSSR count). The van der Waals surface area contributed by atoms with Gasteiger partial charge in [-0.2, -0.15) is 0 Å². The van der Waals surface area contributed by atoms with Crippen LogP contribution in [0.5, 0.6) is 0 Å². The quantitative estimate of drug-likeness (QED) is 0.628. The molecular weight excluding hydrogens is 390 g/mol. The molecule has 0 heterocycles. The van der Waals surface area contributed by atoms with Gasteiger partial charge in [0.25, 0.3) is 0 Å². The molecule has 0 fully saturated rings. The van der Waals surface area contributed by atoms with Gasteiger partial charge in [-0.25, -0.2) is 0 Å². The first-order valence-corrected chi connectivity index (χ1v) is 8.75. The Morgan fingerprint density at radius 1 is 0.857 bits per heavy atom. The summed E-state index contributed by atoms with van der Waals surface area (Å²) >= 11 is 7.15. The molecule has 1 N–H and O–H groups in total. The van der Waals surface area contributed by atoms with Crippen molar-refractivity contribution in [2.24, 2.45) is 0 Å². The lowest BCUT2D eigenvalue weighted by molar-refractivity contribution is 0.492. The van der Waals surface area contributed by atoms with Gasteiger partial charge in [-0.05, 0) is 56.5 Å². The minimum Gasteiger partial charge on any atom is -0.304 e. The highest BCUT2D eigenvalue weighted by Crippen LogP contribution is 2.29. The van der Waals surface area contributed by atoms with Crippen molar-refractivity contribution in [3.05, 3.63) is 67.6 Å². The molecule has 0 aromatic heterocycles. The Morgan fingerprint density at radius 3 is 2.10 bits per heavy atom. The van der Waals surface area contributed by atoms with Gasteiger partial charge in [0.05, 0.1) is 0 Å². The maximum atomic E-state index is 3.69. The van der Waals surface area contributed by atoms with Crippen molar-refractivity contribution in [1.29, 1.82) is 0 Å². The molecule has 0 aliphatic heterocycles. The van der Waals surface area contributed by atoms with E-state index >= 15 is 0 Å². The average Bonchev–Trinajstić information content (AvgIpc) is 2.37. The van der Waals surface area contributed by atoms with Crippen LogP contribution in [0.2, 0.25) is 0 Å². The summed E-state index contributed by atoms with van der Waals surface area (Å²) in [5.41, 5.74) is 5.29. The van der Waals surface area contributed by atoms with E-state index in [4.69, 9.17) is 0 Å². The molecule has 0 aliphatic rings. The summed E-state index contributed by atoms with van der Waals surface area (Å²) in [5.74, 6) is 0. The van der Waals surface area contributed by atoms with Crippen LogP contribution in [0.3, 0.4) is 0 Å². The monoisotopic (exact) mass is 409 g/mol. The third kappa shape index (κ3) is 4.18. The smallest absolute Gasteiger partial charge is 0.0308 e. The zero-order valence-electron chi connectivity index (χ0n) is 12.9. The third-order valence-electron chi connectivity index (χ3n) is 3.82. The number of hydrogen-bond donors (Lipinski definition) is 1. The first-order chi connectivity index (χ1) is 9.88. The minimum atomic E-state index is 0.281. The lowest BCUT2D eigenvalue weighted by atomic mass is 9.99. The van der Waals surface area contributed by atoms with E-state index in [1.165, 1.54) is 22.3 Å². The van der Waals surface area contributed by atoms with Crippen LogP contribution in [0.1, 0.15) is 48.2 Å². The molecule has 21 heavy (non-hydrogen) atoms. The van der Waals surface area contributed by atoms with Crippen molar-refractivity contribution >= 4 is 31.9 Å². The molecule has 112 valence electrons. The fourth-order valence-electron chi connectivity index (χ4n) is 2.72. The van der Waals surface area contributed by atoms with Crippen LogP contribution in [-0.4, -0.2) is 0 Å². The Hall–Kier alpha value is -0.640. The Balaban J connectivity index is 2.16. The molecule has 0 bridgehead atoms. The van der Waals surface area contributed by atoms with E-state index in [2.05, 4.69) is 101 Å². The summed E-state index contributed by atoms with van der Waals surface area (Å²) in [6.45, 7) is 8.74. The maximum Gasteiger partial charge on any atom is 0.0308 e. The molecular formula is C18H21Br2N. The topological polar surface area (TPSA) is 12.0 Å². The molecule has 0 saturated carbocycles. The van der Waals surface area contributed by atoms with Gasteiger partial charge in [-0.3, -0.25) is 0 Å². The molecule has 2 aromatic rings. The van der Waals surface area contributed by atoms with Crippen molar-refractivity contribution in [1.82, 2.24) is 5.32 Å². The van der Waals surface area contributed by atoms with Crippen molar-refractivity contribution in [2.75, 3.05) is 0 Å². The molecule has 0 aliphatic carbocycles. The van der Waals surface area contributed by atoms with Crippen LogP contribution in [0.15, 0.2) is 45.3 Å². The van der Waals surface area contributed by atoms with Crippen molar-refractivity contribution in [3.8, 4) is 0 Å². The average molecular weight is 411 g/mol. The van der Waals surface area contributed by atoms with Crippen LogP contribution >= 0.6 is 31.9 Å². The van der Waals surface area contributed by atoms with Crippen LogP contribution in [0.25, 0.3) is 0 Å². The highest BCUT2D eigenvalue weighted by Gasteiger charge is 2.15. The molecule has 0 radical (unpaired) electrons. The van der Waals surface area contributed by atoms with Gasteiger partial charge in [-0.1, -0.05) is 61.7 Å². The third-order valence-corrected chi connectivity index (χ3v) is 5.00. The van der Waals surface area contributed by atoms with E-state index in [0.29, 0.717) is 6.04 Å². The largest absolute Gasteiger partial charge is 0.304 e. The zero-order chi connectivity index (χ0) is 15.6. The maximum absolute atomic E-state index is 3.69. The van der Waals surface area contributed by atoms with Crippen molar-refractivity contribution in [3.63, 3.8) is 0 Å². The van der Waals surface area contributed by atoms with E-state index in [-0.39, 0.29) is 6.04 Å². The molecule has 0 saturated heterocycles. The summed E-state index contributed by atoms with van der Waals surface area (Å²) < 4.78 is 2.22. The second kappa shape index (κ2) is 7.08. The van der Waals surface area contributed by atoms with Crippen LogP contribution in [0, 0.1) is 13.8 Å². The Kier molecular flexibility index (Phi) is 5.64. The number of hydrogen-bond acceptors (Lipinski definition) is 1. The predicted molar refractivity (Wildman–Crippen MR) is 97.7 cm³/mol. The number of halogens is 2. The number of nitrogens with one attached hydrogen (secondary N) is 1. The Morgan fingerprint density at radius 2 is 1.48 bits per heavy atom. The van der Waals surface area contributed by atoms with Crippen LogP contribution < -0.4 is 5.32 Å². The lowest BCUT2D eigenvalue weighted by Crippen LogP contribution is -2.23. The van der Waals surface area contributed by atoms with Gasteiger partial charge in [0, 0.05) is 21.0 Å². The number of rotatable bonds is 4. The molecule has 0 spiro atoms. The Bertz CT molecular complexity index is 582. The van der Waals surface area contributed by atoms with Gasteiger partial charge in [0.1, 0.15) is 0 Å². The van der Waals surface area contributed by atoms with Crippen molar-refractivity contribution < 1.29 is 0 Å². The van der Waals surface area contributed by atoms with Crippen molar-refractivity contribution in [2.45, 2.75) is 39.8 Å². The fraction of sp³-hybridized carbons (Fsp3) is 0.333. The first-order valence-electron chi connectivity index (χ1n) is 7.16. The normalized spacial score (nSPS) is 14.0. The van der Waals surface area contributed by atoms with Crippen LogP contribution in [-0.2, 0) is 0 Å². The summed E-state index contributed by atoms with van der Waals surface area (Å²) in [6, 6.07) is 13.6. The minimum absolute atomic E-state index is 0.281. The molecule has 1 nitrogen and oxygen atoms in total. The Labute approximate surface area is 144 Å². The zero-order valence-corrected chi connectivity index (χ0v) is 16.0. The number of benzene rings is 2. The van der Waals surface area contributed by atoms with E-state index in [0.717, 1.165) is 8.95 Å². The fourth-order valence-corrected chi connectivity index (χ4v) is 4.11. The lowest BCUT2D eigenvalue weighted by Gasteiger charge is -2.23. The molecule has 0 amide bonds. The van der Waals surface area contributed by atoms with E-state index in [1.54, 1.807) is 0 Å². The van der Waals surface area contributed by atoms with E-state index in [9.17, 15) is 0 Å². The number of aryl methyl sites for hydroxylation is 2. The summed E-state index contributed by atoms with van der Waals surface area (Å²) in [5, 5.41) is 3.69. The second-order valence-corrected chi connectivity index (χ2v) is 7.41. The SMILES string of the molecule is Cc1ccc(C(C)NC(C)c2ccc(Br)cc2Br)c(C)c1. The highest BCUT2D eigenvalue weighted by molar-refractivity contribution is 9.11. The van der Waals surface area contributed by atoms with Gasteiger partial charge >= 0.3 is 0 Å².